The second kappa shape index (κ2) is 18.8. The molecule has 8 heteroatoms. The lowest BCUT2D eigenvalue weighted by atomic mass is 10.1. The lowest BCUT2D eigenvalue weighted by molar-refractivity contribution is -0.117. The highest BCUT2D eigenvalue weighted by Crippen LogP contribution is 2.25. The van der Waals surface area contributed by atoms with E-state index in [1.54, 1.807) is 32.3 Å². The summed E-state index contributed by atoms with van der Waals surface area (Å²) >= 11 is 9.39. The minimum atomic E-state index is -0.0927. The third-order valence-electron chi connectivity index (χ3n) is 4.09. The SMILES string of the molecule is C=C(C/C=C(\C)C(=O)NC)c1ncccc1Cl.C=O.CC.CNc1cc(C=O)c(C)cc1Br. The number of carbonyl (C=O) groups excluding carboxylic acids is 3. The molecule has 0 aliphatic heterocycles. The third-order valence-corrected chi connectivity index (χ3v) is 5.05. The molecule has 180 valence electrons. The number of rotatable bonds is 6. The normalized spacial score (nSPS) is 9.52. The van der Waals surface area contributed by atoms with Gasteiger partial charge in [0, 0.05) is 41.6 Å². The summed E-state index contributed by atoms with van der Waals surface area (Å²) in [6.45, 7) is 13.6. The Bertz CT molecular complexity index is 946. The average Bonchev–Trinajstić information content (AvgIpc) is 2.85. The van der Waals surface area contributed by atoms with E-state index in [1.807, 2.05) is 52.8 Å². The molecule has 0 spiro atoms. The van der Waals surface area contributed by atoms with Gasteiger partial charge in [-0.3, -0.25) is 14.6 Å². The molecule has 1 heterocycles. The summed E-state index contributed by atoms with van der Waals surface area (Å²) in [5, 5.41) is 6.13. The molecule has 2 aromatic rings. The maximum absolute atomic E-state index is 11.3. The fraction of sp³-hybridized carbons (Fsp3) is 0.280. The van der Waals surface area contributed by atoms with Gasteiger partial charge >= 0.3 is 0 Å². The van der Waals surface area contributed by atoms with Crippen molar-refractivity contribution < 1.29 is 14.4 Å². The lowest BCUT2D eigenvalue weighted by Gasteiger charge is -2.06. The number of aldehydes is 1. The van der Waals surface area contributed by atoms with Gasteiger partial charge in [-0.1, -0.05) is 38.1 Å². The molecule has 1 aromatic heterocycles. The van der Waals surface area contributed by atoms with E-state index >= 15 is 0 Å². The molecule has 1 amide bonds. The number of carbonyl (C=O) groups is 3. The molecular formula is C25H33BrClN3O3. The van der Waals surface area contributed by atoms with E-state index in [0.29, 0.717) is 22.7 Å². The van der Waals surface area contributed by atoms with Gasteiger partial charge in [0.2, 0.25) is 5.91 Å². The highest BCUT2D eigenvalue weighted by atomic mass is 79.9. The highest BCUT2D eigenvalue weighted by Gasteiger charge is 2.06. The standard InChI is InChI=1S/C13H15ClN2O.C9H10BrNO.C2H6.CH2O/c1-9(6-7-10(2)13(17)15-3)12-11(14)5-4-8-16-12;1-6-3-8(10)9(11-2)4-7(6)5-12;2*1-2/h4-5,7-8H,1,6H2,2-3H3,(H,15,17);3-5,11H,1-2H3;1-2H3;1H2/b10-7+;;;. The van der Waals surface area contributed by atoms with Crippen LogP contribution in [0.3, 0.4) is 0 Å². The zero-order chi connectivity index (χ0) is 26.0. The van der Waals surface area contributed by atoms with Crippen LogP contribution in [0.25, 0.3) is 5.57 Å². The second-order valence-corrected chi connectivity index (χ2v) is 7.43. The van der Waals surface area contributed by atoms with E-state index in [-0.39, 0.29) is 5.91 Å². The van der Waals surface area contributed by atoms with Crippen molar-refractivity contribution in [1.82, 2.24) is 10.3 Å². The molecule has 0 atom stereocenters. The highest BCUT2D eigenvalue weighted by molar-refractivity contribution is 9.10. The Balaban J connectivity index is 0. The van der Waals surface area contributed by atoms with Crippen molar-refractivity contribution in [2.45, 2.75) is 34.1 Å². The fourth-order valence-electron chi connectivity index (χ4n) is 2.32. The molecule has 0 aliphatic rings. The van der Waals surface area contributed by atoms with E-state index in [9.17, 15) is 9.59 Å². The van der Waals surface area contributed by atoms with Gasteiger partial charge in [0.15, 0.2) is 0 Å². The van der Waals surface area contributed by atoms with Gasteiger partial charge in [-0.25, -0.2) is 0 Å². The van der Waals surface area contributed by atoms with Crippen molar-refractivity contribution in [3.05, 3.63) is 75.0 Å². The van der Waals surface area contributed by atoms with Gasteiger partial charge in [-0.2, -0.15) is 0 Å². The number of hydrogen-bond acceptors (Lipinski definition) is 5. The number of anilines is 1. The van der Waals surface area contributed by atoms with Crippen LogP contribution in [0.4, 0.5) is 5.69 Å². The summed E-state index contributed by atoms with van der Waals surface area (Å²) in [5.41, 5.74) is 4.76. The molecule has 33 heavy (non-hydrogen) atoms. The Labute approximate surface area is 210 Å². The van der Waals surface area contributed by atoms with Crippen molar-refractivity contribution in [2.75, 3.05) is 19.4 Å². The number of benzene rings is 1. The molecule has 0 bridgehead atoms. The van der Waals surface area contributed by atoms with Gasteiger partial charge in [-0.15, -0.1) is 0 Å². The Morgan fingerprint density at radius 1 is 1.24 bits per heavy atom. The van der Waals surface area contributed by atoms with Crippen LogP contribution in [-0.4, -0.2) is 38.1 Å². The number of aryl methyl sites for hydroxylation is 1. The Kier molecular flexibility index (Phi) is 18.4. The molecule has 0 radical (unpaired) electrons. The minimum absolute atomic E-state index is 0.0927. The Morgan fingerprint density at radius 3 is 2.33 bits per heavy atom. The second-order valence-electron chi connectivity index (χ2n) is 6.16. The predicted molar refractivity (Wildman–Crippen MR) is 143 cm³/mol. The lowest BCUT2D eigenvalue weighted by Crippen LogP contribution is -2.18. The van der Waals surface area contributed by atoms with Gasteiger partial charge in [0.05, 0.1) is 10.7 Å². The first-order chi connectivity index (χ1) is 15.7. The molecule has 1 aromatic carbocycles. The van der Waals surface area contributed by atoms with Crippen molar-refractivity contribution in [3.63, 3.8) is 0 Å². The molecular weight excluding hydrogens is 506 g/mol. The van der Waals surface area contributed by atoms with Crippen molar-refractivity contribution in [2.24, 2.45) is 0 Å². The number of pyridine rings is 1. The minimum Gasteiger partial charge on any atom is -0.387 e. The van der Waals surface area contributed by atoms with Crippen LogP contribution in [0.1, 0.15) is 48.8 Å². The molecule has 0 saturated heterocycles. The van der Waals surface area contributed by atoms with E-state index in [1.165, 1.54) is 0 Å². The van der Waals surface area contributed by atoms with Gasteiger partial charge in [0.25, 0.3) is 0 Å². The van der Waals surface area contributed by atoms with E-state index in [2.05, 4.69) is 38.1 Å². The van der Waals surface area contributed by atoms with Crippen LogP contribution < -0.4 is 10.6 Å². The van der Waals surface area contributed by atoms with Crippen molar-refractivity contribution >= 4 is 57.8 Å². The van der Waals surface area contributed by atoms with Crippen molar-refractivity contribution in [3.8, 4) is 0 Å². The van der Waals surface area contributed by atoms with Gasteiger partial charge in [0.1, 0.15) is 13.1 Å². The van der Waals surface area contributed by atoms with Crippen LogP contribution in [0, 0.1) is 6.92 Å². The van der Waals surface area contributed by atoms with Gasteiger partial charge in [-0.05, 0) is 71.6 Å². The number of amides is 1. The summed E-state index contributed by atoms with van der Waals surface area (Å²) in [7, 11) is 3.42. The molecule has 2 rings (SSSR count). The smallest absolute Gasteiger partial charge is 0.246 e. The third kappa shape index (κ3) is 11.6. The zero-order valence-electron chi connectivity index (χ0n) is 20.1. The molecule has 0 aliphatic carbocycles. The van der Waals surface area contributed by atoms with Gasteiger partial charge < -0.3 is 15.4 Å². The number of likely N-dealkylation sites (N-methyl/N-ethyl adjacent to an activating group) is 1. The number of allylic oxidation sites excluding steroid dienone is 2. The maximum Gasteiger partial charge on any atom is 0.246 e. The van der Waals surface area contributed by atoms with Crippen LogP contribution in [0.2, 0.25) is 5.02 Å². The number of nitrogens with zero attached hydrogens (tertiary/aromatic N) is 1. The van der Waals surface area contributed by atoms with Crippen molar-refractivity contribution in [1.29, 1.82) is 0 Å². The molecule has 2 N–H and O–H groups in total. The van der Waals surface area contributed by atoms with Crippen LogP contribution in [-0.2, 0) is 9.59 Å². The summed E-state index contributed by atoms with van der Waals surface area (Å²) < 4.78 is 0.980. The van der Waals surface area contributed by atoms with E-state index in [0.717, 1.165) is 33.1 Å². The number of nitrogens with one attached hydrogen (secondary N) is 2. The van der Waals surface area contributed by atoms with Crippen LogP contribution in [0.15, 0.2) is 53.2 Å². The quantitative estimate of drug-likeness (QED) is 0.334. The maximum atomic E-state index is 11.3. The predicted octanol–water partition coefficient (Wildman–Crippen LogP) is 6.28. The summed E-state index contributed by atoms with van der Waals surface area (Å²) in [4.78, 5) is 34.0. The summed E-state index contributed by atoms with van der Waals surface area (Å²) in [6, 6.07) is 7.29. The van der Waals surface area contributed by atoms with E-state index < -0.39 is 0 Å². The molecule has 0 saturated carbocycles. The first-order valence-electron chi connectivity index (χ1n) is 10.1. The summed E-state index contributed by atoms with van der Waals surface area (Å²) in [5.74, 6) is -0.0927. The molecule has 6 nitrogen and oxygen atoms in total. The molecule has 0 unspecified atom stereocenters. The summed E-state index contributed by atoms with van der Waals surface area (Å²) in [6.07, 6.45) is 4.90. The first-order valence-corrected chi connectivity index (χ1v) is 11.3. The largest absolute Gasteiger partial charge is 0.387 e. The van der Waals surface area contributed by atoms with Crippen LogP contribution >= 0.6 is 27.5 Å². The zero-order valence-corrected chi connectivity index (χ0v) is 22.4. The monoisotopic (exact) mass is 537 g/mol. The topological polar surface area (TPSA) is 88.2 Å². The molecule has 0 fully saturated rings. The van der Waals surface area contributed by atoms with Crippen LogP contribution in [0.5, 0.6) is 0 Å². The number of hydrogen-bond donors (Lipinski definition) is 2. The van der Waals surface area contributed by atoms with E-state index in [4.69, 9.17) is 16.4 Å². The number of aromatic nitrogens is 1. The fourth-order valence-corrected chi connectivity index (χ4v) is 3.23. The number of halogens is 2. The Hall–Kier alpha value is -2.77. The average molecular weight is 539 g/mol. The Morgan fingerprint density at radius 2 is 1.85 bits per heavy atom. The first kappa shape index (κ1) is 32.4.